The van der Waals surface area contributed by atoms with E-state index in [0.717, 1.165) is 5.56 Å². The number of carbonyl (C=O) groups is 3. The van der Waals surface area contributed by atoms with Crippen LogP contribution in [0.25, 0.3) is 0 Å². The summed E-state index contributed by atoms with van der Waals surface area (Å²) in [4.78, 5) is 36.3. The first kappa shape index (κ1) is 20.6. The lowest BCUT2D eigenvalue weighted by atomic mass is 9.94. The lowest BCUT2D eigenvalue weighted by Gasteiger charge is -2.29. The zero-order valence-corrected chi connectivity index (χ0v) is 15.0. The van der Waals surface area contributed by atoms with Gasteiger partial charge in [0.15, 0.2) is 0 Å². The Morgan fingerprint density at radius 1 is 1.04 bits per heavy atom. The number of esters is 3. The summed E-state index contributed by atoms with van der Waals surface area (Å²) in [6, 6.07) is 8.96. The summed E-state index contributed by atoms with van der Waals surface area (Å²) in [5.41, 5.74) is 3.82. The average molecular weight is 351 g/mol. The minimum atomic E-state index is -2.09. The Hall–Kier alpha value is -2.41. The summed E-state index contributed by atoms with van der Waals surface area (Å²) in [6.07, 6.45) is -0.491. The molecule has 138 valence electrons. The largest absolute Gasteiger partial charge is 0.469 e. The molecule has 1 atom stereocenters. The van der Waals surface area contributed by atoms with Gasteiger partial charge in [-0.25, -0.2) is 9.59 Å². The molecule has 0 amide bonds. The van der Waals surface area contributed by atoms with E-state index >= 15 is 0 Å². The number of carbonyl (C=O) groups excluding carboxylic acids is 3. The molecular weight excluding hydrogens is 326 g/mol. The summed E-state index contributed by atoms with van der Waals surface area (Å²) in [5.74, 6) is -2.48. The molecule has 0 fully saturated rings. The highest BCUT2D eigenvalue weighted by molar-refractivity contribution is 6.05. The maximum absolute atomic E-state index is 12.5. The first-order valence-electron chi connectivity index (χ1n) is 7.89. The number of rotatable bonds is 7. The predicted molar refractivity (Wildman–Crippen MR) is 90.3 cm³/mol. The predicted octanol–water partition coefficient (Wildman–Crippen LogP) is 1.72. The number of nitrogens with two attached hydrogens (primary N) is 1. The molecule has 0 aliphatic heterocycles. The van der Waals surface area contributed by atoms with Crippen LogP contribution in [-0.4, -0.2) is 36.2 Å². The maximum Gasteiger partial charge on any atom is 0.338 e. The second kappa shape index (κ2) is 8.62. The van der Waals surface area contributed by atoms with Gasteiger partial charge in [0.25, 0.3) is 0 Å². The third-order valence-electron chi connectivity index (χ3n) is 3.29. The molecule has 2 N–H and O–H groups in total. The smallest absolute Gasteiger partial charge is 0.338 e. The second-order valence-electron chi connectivity index (χ2n) is 6.61. The van der Waals surface area contributed by atoms with Gasteiger partial charge in [-0.2, -0.15) is 0 Å². The molecule has 0 aromatic heterocycles. The molecule has 1 rings (SSSR count). The quantitative estimate of drug-likeness (QED) is 0.453. The fourth-order valence-electron chi connectivity index (χ4n) is 1.91. The molecule has 0 aliphatic carbocycles. The highest BCUT2D eigenvalue weighted by atomic mass is 16.6. The summed E-state index contributed by atoms with van der Waals surface area (Å²) in [6.45, 7) is 4.92. The van der Waals surface area contributed by atoms with Crippen molar-refractivity contribution in [3.8, 4) is 0 Å². The SMILES string of the molecule is COC(=O)CCC(N)(C(=O)OCc1ccccc1)C(=O)OC(C)(C)C. The van der Waals surface area contributed by atoms with E-state index in [9.17, 15) is 14.4 Å². The highest BCUT2D eigenvalue weighted by Crippen LogP contribution is 2.20. The molecule has 0 radical (unpaired) electrons. The maximum atomic E-state index is 12.5. The van der Waals surface area contributed by atoms with Gasteiger partial charge in [-0.3, -0.25) is 4.79 Å². The minimum Gasteiger partial charge on any atom is -0.469 e. The first-order valence-corrected chi connectivity index (χ1v) is 7.89. The van der Waals surface area contributed by atoms with Crippen molar-refractivity contribution in [2.75, 3.05) is 7.11 Å². The van der Waals surface area contributed by atoms with Gasteiger partial charge in [-0.05, 0) is 32.8 Å². The summed E-state index contributed by atoms with van der Waals surface area (Å²) in [7, 11) is 1.21. The molecule has 1 aromatic carbocycles. The summed E-state index contributed by atoms with van der Waals surface area (Å²) < 4.78 is 14.9. The molecule has 7 nitrogen and oxygen atoms in total. The highest BCUT2D eigenvalue weighted by Gasteiger charge is 2.47. The van der Waals surface area contributed by atoms with E-state index in [1.165, 1.54) is 7.11 Å². The Balaban J connectivity index is 2.89. The lowest BCUT2D eigenvalue weighted by Crippen LogP contribution is -2.58. The molecular formula is C18H25NO6. The second-order valence-corrected chi connectivity index (χ2v) is 6.61. The van der Waals surface area contributed by atoms with Crippen LogP contribution in [0.4, 0.5) is 0 Å². The Labute approximate surface area is 147 Å². The average Bonchev–Trinajstić information content (AvgIpc) is 2.56. The number of benzene rings is 1. The van der Waals surface area contributed by atoms with E-state index in [1.54, 1.807) is 45.0 Å². The zero-order chi connectivity index (χ0) is 19.1. The topological polar surface area (TPSA) is 105 Å². The van der Waals surface area contributed by atoms with Crippen LogP contribution in [0.5, 0.6) is 0 Å². The van der Waals surface area contributed by atoms with Crippen LogP contribution in [0.2, 0.25) is 0 Å². The molecule has 0 saturated carbocycles. The van der Waals surface area contributed by atoms with Gasteiger partial charge < -0.3 is 19.9 Å². The molecule has 1 aromatic rings. The number of ether oxygens (including phenoxy) is 3. The number of methoxy groups -OCH3 is 1. The summed E-state index contributed by atoms with van der Waals surface area (Å²) >= 11 is 0. The van der Waals surface area contributed by atoms with Crippen LogP contribution < -0.4 is 5.73 Å². The van der Waals surface area contributed by atoms with Gasteiger partial charge in [0.1, 0.15) is 12.2 Å². The van der Waals surface area contributed by atoms with E-state index in [0.29, 0.717) is 0 Å². The third-order valence-corrected chi connectivity index (χ3v) is 3.29. The van der Waals surface area contributed by atoms with Crippen molar-refractivity contribution in [3.63, 3.8) is 0 Å². The van der Waals surface area contributed by atoms with Crippen LogP contribution >= 0.6 is 0 Å². The third kappa shape index (κ3) is 6.54. The van der Waals surface area contributed by atoms with Crippen LogP contribution in [0.3, 0.4) is 0 Å². The van der Waals surface area contributed by atoms with E-state index in [-0.39, 0.29) is 19.4 Å². The molecule has 0 saturated heterocycles. The van der Waals surface area contributed by atoms with Crippen molar-refractivity contribution in [2.45, 2.75) is 51.4 Å². The Morgan fingerprint density at radius 3 is 2.16 bits per heavy atom. The van der Waals surface area contributed by atoms with E-state index in [4.69, 9.17) is 15.2 Å². The monoisotopic (exact) mass is 351 g/mol. The van der Waals surface area contributed by atoms with Gasteiger partial charge in [-0.15, -0.1) is 0 Å². The molecule has 0 aliphatic rings. The minimum absolute atomic E-state index is 0.0420. The molecule has 25 heavy (non-hydrogen) atoms. The van der Waals surface area contributed by atoms with E-state index in [2.05, 4.69) is 4.74 Å². The van der Waals surface area contributed by atoms with Crippen LogP contribution in [0.1, 0.15) is 39.2 Å². The van der Waals surface area contributed by atoms with Crippen LogP contribution in [0.15, 0.2) is 30.3 Å². The van der Waals surface area contributed by atoms with E-state index < -0.39 is 29.0 Å². The Bertz CT molecular complexity index is 608. The normalized spacial score (nSPS) is 13.5. The molecule has 1 unspecified atom stereocenters. The number of hydrogen-bond acceptors (Lipinski definition) is 7. The van der Waals surface area contributed by atoms with Crippen molar-refractivity contribution in [3.05, 3.63) is 35.9 Å². The van der Waals surface area contributed by atoms with Gasteiger partial charge >= 0.3 is 17.9 Å². The van der Waals surface area contributed by atoms with Gasteiger partial charge in [0.05, 0.1) is 7.11 Å². The van der Waals surface area contributed by atoms with E-state index in [1.807, 2.05) is 6.07 Å². The van der Waals surface area contributed by atoms with Crippen LogP contribution in [0, 0.1) is 0 Å². The molecule has 0 bridgehead atoms. The Kier molecular flexibility index (Phi) is 7.11. The van der Waals surface area contributed by atoms with Crippen molar-refractivity contribution in [1.82, 2.24) is 0 Å². The van der Waals surface area contributed by atoms with Crippen molar-refractivity contribution < 1.29 is 28.6 Å². The van der Waals surface area contributed by atoms with Gasteiger partial charge in [0, 0.05) is 6.42 Å². The Morgan fingerprint density at radius 2 is 1.64 bits per heavy atom. The lowest BCUT2D eigenvalue weighted by molar-refractivity contribution is -0.172. The molecule has 0 heterocycles. The van der Waals surface area contributed by atoms with Gasteiger partial charge in [-0.1, -0.05) is 30.3 Å². The molecule has 0 spiro atoms. The van der Waals surface area contributed by atoms with Crippen molar-refractivity contribution in [2.24, 2.45) is 5.73 Å². The van der Waals surface area contributed by atoms with Gasteiger partial charge in [0.2, 0.25) is 5.54 Å². The standard InChI is InChI=1S/C18H25NO6/c1-17(2,3)25-16(22)18(19,11-10-14(20)23-4)15(21)24-12-13-8-6-5-7-9-13/h5-9H,10-12,19H2,1-4H3. The van der Waals surface area contributed by atoms with Crippen molar-refractivity contribution >= 4 is 17.9 Å². The zero-order valence-electron chi connectivity index (χ0n) is 15.0. The van der Waals surface area contributed by atoms with Crippen molar-refractivity contribution in [1.29, 1.82) is 0 Å². The van der Waals surface area contributed by atoms with Crippen LogP contribution in [-0.2, 0) is 35.2 Å². The number of hydrogen-bond donors (Lipinski definition) is 1. The fraction of sp³-hybridized carbons (Fsp3) is 0.500. The molecule has 7 heteroatoms. The fourth-order valence-corrected chi connectivity index (χ4v) is 1.91. The summed E-state index contributed by atoms with van der Waals surface area (Å²) in [5, 5.41) is 0. The first-order chi connectivity index (χ1) is 11.6.